The van der Waals surface area contributed by atoms with E-state index in [0.29, 0.717) is 37.9 Å². The molecule has 0 spiro atoms. The summed E-state index contributed by atoms with van der Waals surface area (Å²) >= 11 is 0. The molecule has 3 aromatic rings. The molecule has 0 aliphatic heterocycles. The average molecular weight is 420 g/mol. The fraction of sp³-hybridized carbons (Fsp3) is 0.292. The van der Waals surface area contributed by atoms with E-state index < -0.39 is 12.1 Å². The highest BCUT2D eigenvalue weighted by atomic mass is 16.2. The quantitative estimate of drug-likeness (QED) is 0.402. The maximum absolute atomic E-state index is 13.0. The Hall–Kier alpha value is -3.29. The van der Waals surface area contributed by atoms with Gasteiger partial charge in [0.15, 0.2) is 0 Å². The van der Waals surface area contributed by atoms with Crippen molar-refractivity contribution in [1.29, 1.82) is 0 Å². The monoisotopic (exact) mass is 419 g/mol. The molecule has 0 radical (unpaired) electrons. The highest BCUT2D eigenvalue weighted by Gasteiger charge is 2.24. The molecule has 0 fully saturated rings. The molecule has 7 nitrogen and oxygen atoms in total. The lowest BCUT2D eigenvalue weighted by molar-refractivity contribution is -0.127. The first-order chi connectivity index (χ1) is 15.1. The van der Waals surface area contributed by atoms with Gasteiger partial charge in [0.2, 0.25) is 11.8 Å². The first kappa shape index (κ1) is 22.4. The van der Waals surface area contributed by atoms with Gasteiger partial charge >= 0.3 is 0 Å². The number of para-hydroxylation sites is 1. The van der Waals surface area contributed by atoms with Gasteiger partial charge in [0.1, 0.15) is 6.04 Å². The molecule has 0 unspecified atom stereocenters. The Labute approximate surface area is 182 Å². The van der Waals surface area contributed by atoms with Crippen LogP contribution in [0.5, 0.6) is 0 Å². The van der Waals surface area contributed by atoms with Crippen molar-refractivity contribution in [1.82, 2.24) is 10.3 Å². The fourth-order valence-electron chi connectivity index (χ4n) is 3.34. The number of carbonyl (C=O) groups is 2. The lowest BCUT2D eigenvalue weighted by Gasteiger charge is -2.21. The van der Waals surface area contributed by atoms with Crippen molar-refractivity contribution in [2.45, 2.75) is 37.8 Å². The number of carbonyl (C=O) groups excluding carboxylic acids is 2. The highest BCUT2D eigenvalue weighted by Crippen LogP contribution is 2.17. The number of amides is 2. The summed E-state index contributed by atoms with van der Waals surface area (Å²) in [6.45, 7) is 0.466. The number of aryl methyl sites for hydroxylation is 1. The van der Waals surface area contributed by atoms with Crippen LogP contribution in [0.3, 0.4) is 0 Å². The second kappa shape index (κ2) is 11.2. The lowest BCUT2D eigenvalue weighted by atomic mass is 10.0. The summed E-state index contributed by atoms with van der Waals surface area (Å²) in [5.74, 6) is -0.648. The number of benzene rings is 2. The van der Waals surface area contributed by atoms with Gasteiger partial charge in [-0.25, -0.2) is 0 Å². The molecule has 0 saturated carbocycles. The molecule has 7 heteroatoms. The molecular formula is C24H29N5O2. The van der Waals surface area contributed by atoms with E-state index in [4.69, 9.17) is 11.5 Å². The Balaban J connectivity index is 1.71. The van der Waals surface area contributed by atoms with E-state index in [1.165, 1.54) is 0 Å². The molecule has 2 atom stereocenters. The van der Waals surface area contributed by atoms with E-state index in [1.54, 1.807) is 6.20 Å². The van der Waals surface area contributed by atoms with E-state index >= 15 is 0 Å². The molecule has 162 valence electrons. The van der Waals surface area contributed by atoms with E-state index in [2.05, 4.69) is 15.6 Å². The largest absolute Gasteiger partial charge is 0.343 e. The second-order valence-electron chi connectivity index (χ2n) is 7.53. The van der Waals surface area contributed by atoms with E-state index in [-0.39, 0.29) is 11.8 Å². The van der Waals surface area contributed by atoms with Gasteiger partial charge in [-0.3, -0.25) is 14.6 Å². The summed E-state index contributed by atoms with van der Waals surface area (Å²) in [5.41, 5.74) is 14.0. The van der Waals surface area contributed by atoms with Gasteiger partial charge in [0.05, 0.1) is 23.4 Å². The molecule has 6 N–H and O–H groups in total. The molecule has 0 aliphatic carbocycles. The van der Waals surface area contributed by atoms with E-state index in [9.17, 15) is 9.59 Å². The number of pyridine rings is 1. The van der Waals surface area contributed by atoms with Gasteiger partial charge in [0, 0.05) is 5.39 Å². The summed E-state index contributed by atoms with van der Waals surface area (Å²) in [4.78, 5) is 29.9. The fourth-order valence-corrected chi connectivity index (χ4v) is 3.34. The predicted molar refractivity (Wildman–Crippen MR) is 123 cm³/mol. The summed E-state index contributed by atoms with van der Waals surface area (Å²) in [7, 11) is 0. The third-order valence-electron chi connectivity index (χ3n) is 5.11. The normalized spacial score (nSPS) is 12.8. The molecule has 3 rings (SSSR count). The Morgan fingerprint density at radius 2 is 1.71 bits per heavy atom. The van der Waals surface area contributed by atoms with Crippen LogP contribution < -0.4 is 22.1 Å². The molecule has 2 amide bonds. The first-order valence-electron chi connectivity index (χ1n) is 10.5. The molecule has 2 aromatic carbocycles. The summed E-state index contributed by atoms with van der Waals surface area (Å²) < 4.78 is 0. The average Bonchev–Trinajstić information content (AvgIpc) is 2.80. The van der Waals surface area contributed by atoms with Crippen molar-refractivity contribution >= 4 is 28.4 Å². The number of hydrogen-bond donors (Lipinski definition) is 4. The third kappa shape index (κ3) is 6.60. The molecule has 31 heavy (non-hydrogen) atoms. The molecule has 1 aromatic heterocycles. The van der Waals surface area contributed by atoms with Crippen molar-refractivity contribution in [3.8, 4) is 0 Å². The Kier molecular flexibility index (Phi) is 8.09. The van der Waals surface area contributed by atoms with Crippen molar-refractivity contribution in [3.05, 3.63) is 72.4 Å². The van der Waals surface area contributed by atoms with Crippen LogP contribution in [0, 0.1) is 0 Å². The van der Waals surface area contributed by atoms with Gasteiger partial charge in [-0.15, -0.1) is 0 Å². The number of anilines is 1. The van der Waals surface area contributed by atoms with Crippen LogP contribution in [0.25, 0.3) is 10.9 Å². The highest BCUT2D eigenvalue weighted by molar-refractivity contribution is 5.98. The Morgan fingerprint density at radius 3 is 2.48 bits per heavy atom. The van der Waals surface area contributed by atoms with Crippen LogP contribution in [0.2, 0.25) is 0 Å². The minimum Gasteiger partial charge on any atom is -0.343 e. The van der Waals surface area contributed by atoms with Crippen molar-refractivity contribution in [3.63, 3.8) is 0 Å². The Morgan fingerprint density at radius 1 is 0.968 bits per heavy atom. The zero-order valence-corrected chi connectivity index (χ0v) is 17.5. The zero-order valence-electron chi connectivity index (χ0n) is 17.5. The van der Waals surface area contributed by atoms with Crippen molar-refractivity contribution in [2.24, 2.45) is 11.5 Å². The second-order valence-corrected chi connectivity index (χ2v) is 7.53. The van der Waals surface area contributed by atoms with Gasteiger partial charge in [-0.1, -0.05) is 48.5 Å². The lowest BCUT2D eigenvalue weighted by Crippen LogP contribution is -2.50. The first-order valence-corrected chi connectivity index (χ1v) is 10.5. The summed E-state index contributed by atoms with van der Waals surface area (Å²) in [6.07, 6.45) is 3.84. The predicted octanol–water partition coefficient (Wildman–Crippen LogP) is 2.36. The SMILES string of the molecule is NCCC[C@H](N)C(=O)N[C@H](CCc1ccccc1)C(=O)Nc1cnc2ccccc2c1. The van der Waals surface area contributed by atoms with Gasteiger partial charge in [0.25, 0.3) is 0 Å². The van der Waals surface area contributed by atoms with E-state index in [0.717, 1.165) is 16.5 Å². The molecule has 0 saturated heterocycles. The summed E-state index contributed by atoms with van der Waals surface area (Å²) in [5, 5.41) is 6.62. The maximum atomic E-state index is 13.0. The molecule has 0 bridgehead atoms. The Bertz CT molecular complexity index is 1010. The standard InChI is InChI=1S/C24H29N5O2/c25-14-6-10-20(26)23(30)29-22(13-12-17-7-2-1-3-8-17)24(31)28-19-15-18-9-4-5-11-21(18)27-16-19/h1-5,7-9,11,15-16,20,22H,6,10,12-14,25-26H2,(H,28,31)(H,29,30)/t20-,22+/m0/s1. The molecule has 1 heterocycles. The minimum absolute atomic E-state index is 0.299. The number of nitrogens with zero attached hydrogens (tertiary/aromatic N) is 1. The number of nitrogens with one attached hydrogen (secondary N) is 2. The van der Waals surface area contributed by atoms with Crippen LogP contribution in [0.4, 0.5) is 5.69 Å². The number of aromatic nitrogens is 1. The van der Waals surface area contributed by atoms with E-state index in [1.807, 2.05) is 60.7 Å². The van der Waals surface area contributed by atoms with Crippen LogP contribution in [0.1, 0.15) is 24.8 Å². The van der Waals surface area contributed by atoms with Gasteiger partial charge in [-0.2, -0.15) is 0 Å². The van der Waals surface area contributed by atoms with Gasteiger partial charge < -0.3 is 22.1 Å². The zero-order chi connectivity index (χ0) is 22.1. The smallest absolute Gasteiger partial charge is 0.247 e. The number of fused-ring (bicyclic) bond motifs is 1. The minimum atomic E-state index is -0.719. The van der Waals surface area contributed by atoms with Gasteiger partial charge in [-0.05, 0) is 49.9 Å². The third-order valence-corrected chi connectivity index (χ3v) is 5.11. The summed E-state index contributed by atoms with van der Waals surface area (Å²) in [6, 6.07) is 18.0. The number of nitrogens with two attached hydrogens (primary N) is 2. The maximum Gasteiger partial charge on any atom is 0.247 e. The molecular weight excluding hydrogens is 390 g/mol. The topological polar surface area (TPSA) is 123 Å². The van der Waals surface area contributed by atoms with Crippen LogP contribution in [0.15, 0.2) is 66.9 Å². The van der Waals surface area contributed by atoms with Crippen molar-refractivity contribution < 1.29 is 9.59 Å². The number of hydrogen-bond acceptors (Lipinski definition) is 5. The van der Waals surface area contributed by atoms with Crippen LogP contribution >= 0.6 is 0 Å². The number of rotatable bonds is 10. The molecule has 0 aliphatic rings. The van der Waals surface area contributed by atoms with Crippen molar-refractivity contribution in [2.75, 3.05) is 11.9 Å². The van der Waals surface area contributed by atoms with Crippen LogP contribution in [-0.2, 0) is 16.0 Å². The van der Waals surface area contributed by atoms with Crippen LogP contribution in [-0.4, -0.2) is 35.4 Å².